The summed E-state index contributed by atoms with van der Waals surface area (Å²) in [6.07, 6.45) is 1.14. The Balaban J connectivity index is 3.05. The molecule has 7 heteroatoms. The Kier molecular flexibility index (Phi) is 4.77. The van der Waals surface area contributed by atoms with Gasteiger partial charge in [0.25, 0.3) is 0 Å². The molecule has 1 aromatic rings. The van der Waals surface area contributed by atoms with Crippen molar-refractivity contribution in [1.82, 2.24) is 0 Å². The molecule has 19 heavy (non-hydrogen) atoms. The number of ether oxygens (including phenoxy) is 1. The molecule has 0 bridgehead atoms. The van der Waals surface area contributed by atoms with Crippen molar-refractivity contribution in [3.63, 3.8) is 0 Å². The largest absolute Gasteiger partial charge is 0.497 e. The number of hydrogen-bond donors (Lipinski definition) is 1. The number of hydrogen-bond acceptors (Lipinski definition) is 5. The fraction of sp³-hybridized carbons (Fsp3) is 0.417. The van der Waals surface area contributed by atoms with E-state index in [1.165, 1.54) is 13.2 Å². The van der Waals surface area contributed by atoms with E-state index in [9.17, 15) is 13.2 Å². The first-order chi connectivity index (χ1) is 8.74. The van der Waals surface area contributed by atoms with E-state index in [1.807, 2.05) is 0 Å². The molecular weight excluding hydrogens is 270 g/mol. The number of methoxy groups -OCH3 is 1. The van der Waals surface area contributed by atoms with E-state index < -0.39 is 15.8 Å². The summed E-state index contributed by atoms with van der Waals surface area (Å²) in [5, 5.41) is 9.12. The molecule has 0 radical (unpaired) electrons. The van der Waals surface area contributed by atoms with Crippen LogP contribution in [0.4, 0.5) is 5.69 Å². The van der Waals surface area contributed by atoms with Gasteiger partial charge in [0.15, 0.2) is 0 Å². The van der Waals surface area contributed by atoms with Crippen molar-refractivity contribution >= 4 is 21.5 Å². The second kappa shape index (κ2) is 5.92. The number of carboxylic acid groups (broad SMARTS) is 1. The first-order valence-corrected chi connectivity index (χ1v) is 7.61. The molecule has 6 nitrogen and oxygen atoms in total. The van der Waals surface area contributed by atoms with Crippen LogP contribution in [0.2, 0.25) is 0 Å². The summed E-state index contributed by atoms with van der Waals surface area (Å²) >= 11 is 0. The second-order valence-electron chi connectivity index (χ2n) is 4.24. The number of carboxylic acids is 1. The lowest BCUT2D eigenvalue weighted by molar-refractivity contribution is 0.0697. The number of anilines is 1. The van der Waals surface area contributed by atoms with E-state index >= 15 is 0 Å². The Labute approximate surface area is 112 Å². The van der Waals surface area contributed by atoms with E-state index in [2.05, 4.69) is 0 Å². The molecule has 0 amide bonds. The van der Waals surface area contributed by atoms with E-state index in [-0.39, 0.29) is 17.9 Å². The van der Waals surface area contributed by atoms with Crippen molar-refractivity contribution in [2.45, 2.75) is 0 Å². The molecule has 0 aliphatic rings. The van der Waals surface area contributed by atoms with Gasteiger partial charge in [-0.1, -0.05) is 0 Å². The SMILES string of the molecule is COc1ccc(C(=O)O)c(N(C)CCS(C)(=O)=O)c1. The van der Waals surface area contributed by atoms with Crippen molar-refractivity contribution in [2.75, 3.05) is 37.6 Å². The standard InChI is InChI=1S/C12H17NO5S/c1-13(6-7-19(3,16)17)11-8-9(18-2)4-5-10(11)12(14)15/h4-5,8H,6-7H2,1-3H3,(H,14,15). The van der Waals surface area contributed by atoms with Crippen LogP contribution in [0.1, 0.15) is 10.4 Å². The lowest BCUT2D eigenvalue weighted by Crippen LogP contribution is -2.26. The molecule has 0 aliphatic carbocycles. The fourth-order valence-corrected chi connectivity index (χ4v) is 2.16. The molecule has 0 fully saturated rings. The van der Waals surface area contributed by atoms with Crippen LogP contribution in [0.15, 0.2) is 18.2 Å². The van der Waals surface area contributed by atoms with Crippen LogP contribution in [0, 0.1) is 0 Å². The summed E-state index contributed by atoms with van der Waals surface area (Å²) in [4.78, 5) is 12.7. The number of rotatable bonds is 6. The van der Waals surface area contributed by atoms with Crippen molar-refractivity contribution in [3.8, 4) is 5.75 Å². The van der Waals surface area contributed by atoms with Gasteiger partial charge in [0, 0.05) is 25.9 Å². The van der Waals surface area contributed by atoms with Gasteiger partial charge in [-0.05, 0) is 12.1 Å². The lowest BCUT2D eigenvalue weighted by atomic mass is 10.1. The predicted octanol–water partition coefficient (Wildman–Crippen LogP) is 0.874. The summed E-state index contributed by atoms with van der Waals surface area (Å²) in [7, 11) is 0.0311. The number of nitrogens with zero attached hydrogens (tertiary/aromatic N) is 1. The maximum Gasteiger partial charge on any atom is 0.337 e. The molecular formula is C12H17NO5S. The van der Waals surface area contributed by atoms with Gasteiger partial charge >= 0.3 is 5.97 Å². The average Bonchev–Trinajstić information content (AvgIpc) is 2.34. The van der Waals surface area contributed by atoms with Gasteiger partial charge < -0.3 is 14.7 Å². The molecule has 0 saturated carbocycles. The molecule has 0 aliphatic heterocycles. The number of sulfone groups is 1. The van der Waals surface area contributed by atoms with Crippen LogP contribution >= 0.6 is 0 Å². The number of benzene rings is 1. The molecule has 0 atom stereocenters. The van der Waals surface area contributed by atoms with Gasteiger partial charge in [-0.3, -0.25) is 0 Å². The summed E-state index contributed by atoms with van der Waals surface area (Å²) in [5.74, 6) is -0.588. The van der Waals surface area contributed by atoms with E-state index in [0.29, 0.717) is 11.4 Å². The van der Waals surface area contributed by atoms with Crippen LogP contribution in [0.25, 0.3) is 0 Å². The summed E-state index contributed by atoms with van der Waals surface area (Å²) in [6, 6.07) is 4.57. The van der Waals surface area contributed by atoms with Crippen molar-refractivity contribution < 1.29 is 23.1 Å². The van der Waals surface area contributed by atoms with Crippen LogP contribution < -0.4 is 9.64 Å². The van der Waals surface area contributed by atoms with Gasteiger partial charge in [-0.2, -0.15) is 0 Å². The maximum absolute atomic E-state index is 11.1. The van der Waals surface area contributed by atoms with Gasteiger partial charge in [0.05, 0.1) is 24.1 Å². The Hall–Kier alpha value is -1.76. The summed E-state index contributed by atoms with van der Waals surface area (Å²) in [6.45, 7) is 0.215. The minimum absolute atomic E-state index is 0.0419. The Morgan fingerprint density at radius 1 is 1.42 bits per heavy atom. The smallest absolute Gasteiger partial charge is 0.337 e. The summed E-state index contributed by atoms with van der Waals surface area (Å²) < 4.78 is 27.3. The lowest BCUT2D eigenvalue weighted by Gasteiger charge is -2.21. The van der Waals surface area contributed by atoms with Gasteiger partial charge in [0.2, 0.25) is 0 Å². The molecule has 0 saturated heterocycles. The van der Waals surface area contributed by atoms with Crippen LogP contribution in [0.5, 0.6) is 5.75 Å². The third-order valence-corrected chi connectivity index (χ3v) is 3.57. The molecule has 106 valence electrons. The zero-order valence-corrected chi connectivity index (χ0v) is 11.9. The highest BCUT2D eigenvalue weighted by Gasteiger charge is 2.15. The number of carbonyl (C=O) groups is 1. The first kappa shape index (κ1) is 15.3. The molecule has 0 aromatic heterocycles. The topological polar surface area (TPSA) is 83.9 Å². The third kappa shape index (κ3) is 4.44. The molecule has 0 heterocycles. The number of aromatic carboxylic acids is 1. The van der Waals surface area contributed by atoms with E-state index in [1.54, 1.807) is 24.1 Å². The molecule has 0 spiro atoms. The van der Waals surface area contributed by atoms with Gasteiger partial charge in [-0.25, -0.2) is 13.2 Å². The predicted molar refractivity (Wildman–Crippen MR) is 72.9 cm³/mol. The molecule has 1 aromatic carbocycles. The quantitative estimate of drug-likeness (QED) is 0.836. The van der Waals surface area contributed by atoms with Gasteiger partial charge in [-0.15, -0.1) is 0 Å². The van der Waals surface area contributed by atoms with Crippen LogP contribution in [0.3, 0.4) is 0 Å². The monoisotopic (exact) mass is 287 g/mol. The van der Waals surface area contributed by atoms with Crippen LogP contribution in [-0.2, 0) is 9.84 Å². The molecule has 1 N–H and O–H groups in total. The Morgan fingerprint density at radius 3 is 2.53 bits per heavy atom. The highest BCUT2D eigenvalue weighted by molar-refractivity contribution is 7.90. The zero-order valence-electron chi connectivity index (χ0n) is 11.1. The zero-order chi connectivity index (χ0) is 14.6. The van der Waals surface area contributed by atoms with E-state index in [4.69, 9.17) is 9.84 Å². The first-order valence-electron chi connectivity index (χ1n) is 5.55. The highest BCUT2D eigenvalue weighted by atomic mass is 32.2. The highest BCUT2D eigenvalue weighted by Crippen LogP contribution is 2.25. The van der Waals surface area contributed by atoms with Gasteiger partial charge in [0.1, 0.15) is 15.6 Å². The third-order valence-electron chi connectivity index (χ3n) is 2.64. The summed E-state index contributed by atoms with van der Waals surface area (Å²) in [5.41, 5.74) is 0.535. The Bertz CT molecular complexity index is 567. The van der Waals surface area contributed by atoms with Crippen molar-refractivity contribution in [1.29, 1.82) is 0 Å². The fourth-order valence-electron chi connectivity index (χ4n) is 1.56. The molecule has 1 rings (SSSR count). The molecule has 0 unspecified atom stereocenters. The minimum Gasteiger partial charge on any atom is -0.497 e. The Morgan fingerprint density at radius 2 is 2.05 bits per heavy atom. The second-order valence-corrected chi connectivity index (χ2v) is 6.50. The average molecular weight is 287 g/mol. The normalized spacial score (nSPS) is 11.1. The maximum atomic E-state index is 11.1. The minimum atomic E-state index is -3.10. The van der Waals surface area contributed by atoms with E-state index in [0.717, 1.165) is 6.26 Å². The van der Waals surface area contributed by atoms with Crippen molar-refractivity contribution in [3.05, 3.63) is 23.8 Å². The van der Waals surface area contributed by atoms with Crippen molar-refractivity contribution in [2.24, 2.45) is 0 Å². The van der Waals surface area contributed by atoms with Crippen LogP contribution in [-0.4, -0.2) is 52.2 Å².